The van der Waals surface area contributed by atoms with Gasteiger partial charge in [0, 0.05) is 17.5 Å². The summed E-state index contributed by atoms with van der Waals surface area (Å²) in [5, 5.41) is 0. The Kier molecular flexibility index (Phi) is 2.46. The normalized spacial score (nSPS) is 12.1. The summed E-state index contributed by atoms with van der Waals surface area (Å²) in [7, 11) is 0. The number of hydrogen-bond donors (Lipinski definition) is 0. The Morgan fingerprint density at radius 1 is 0.800 bits per heavy atom. The van der Waals surface area contributed by atoms with E-state index >= 15 is 0 Å². The van der Waals surface area contributed by atoms with Gasteiger partial charge in [0.05, 0.1) is 11.4 Å². The summed E-state index contributed by atoms with van der Waals surface area (Å²) in [5.41, 5.74) is 8.73. The summed E-state index contributed by atoms with van der Waals surface area (Å²) in [6, 6.07) is 21.3. The zero-order valence-corrected chi connectivity index (χ0v) is 11.4. The molecule has 1 heteroatoms. The molecule has 0 amide bonds. The van der Waals surface area contributed by atoms with Gasteiger partial charge in [0.2, 0.25) is 0 Å². The van der Waals surface area contributed by atoms with E-state index < -0.39 is 0 Å². The third-order valence-electron chi connectivity index (χ3n) is 3.99. The van der Waals surface area contributed by atoms with Crippen LogP contribution < -0.4 is 0 Å². The van der Waals surface area contributed by atoms with Gasteiger partial charge in [0.1, 0.15) is 0 Å². The van der Waals surface area contributed by atoms with E-state index in [1.54, 1.807) is 0 Å². The van der Waals surface area contributed by atoms with Crippen LogP contribution in [0.3, 0.4) is 0 Å². The van der Waals surface area contributed by atoms with Crippen molar-refractivity contribution < 1.29 is 0 Å². The maximum Gasteiger partial charge on any atom is 0.0747 e. The van der Waals surface area contributed by atoms with Crippen molar-refractivity contribution in [2.75, 3.05) is 0 Å². The fourth-order valence-corrected chi connectivity index (χ4v) is 3.04. The molecule has 1 aliphatic carbocycles. The Hall–Kier alpha value is -2.41. The van der Waals surface area contributed by atoms with Crippen molar-refractivity contribution in [1.82, 2.24) is 4.98 Å². The van der Waals surface area contributed by atoms with Crippen LogP contribution in [0.25, 0.3) is 22.5 Å². The van der Waals surface area contributed by atoms with Gasteiger partial charge in [-0.3, -0.25) is 0 Å². The van der Waals surface area contributed by atoms with Gasteiger partial charge >= 0.3 is 0 Å². The summed E-state index contributed by atoms with van der Waals surface area (Å²) in [6.45, 7) is 2.15. The van der Waals surface area contributed by atoms with Crippen LogP contribution in [0.2, 0.25) is 0 Å². The number of fused-ring (bicyclic) bond motifs is 3. The lowest BCUT2D eigenvalue weighted by atomic mass is 10.0. The van der Waals surface area contributed by atoms with E-state index in [0.717, 1.165) is 17.8 Å². The van der Waals surface area contributed by atoms with E-state index in [4.69, 9.17) is 4.98 Å². The summed E-state index contributed by atoms with van der Waals surface area (Å²) < 4.78 is 0. The molecule has 20 heavy (non-hydrogen) atoms. The van der Waals surface area contributed by atoms with E-state index in [9.17, 15) is 0 Å². The molecule has 2 aromatic carbocycles. The Balaban J connectivity index is 1.94. The van der Waals surface area contributed by atoms with Crippen LogP contribution >= 0.6 is 0 Å². The second-order valence-electron chi connectivity index (χ2n) is 5.36. The van der Waals surface area contributed by atoms with Gasteiger partial charge in [-0.1, -0.05) is 60.7 Å². The molecular weight excluding hydrogens is 242 g/mol. The average molecular weight is 257 g/mol. The number of benzene rings is 2. The van der Waals surface area contributed by atoms with Crippen LogP contribution in [0, 0.1) is 6.92 Å². The first-order chi connectivity index (χ1) is 9.83. The van der Waals surface area contributed by atoms with Crippen molar-refractivity contribution in [2.24, 2.45) is 0 Å². The Morgan fingerprint density at radius 3 is 2.40 bits per heavy atom. The van der Waals surface area contributed by atoms with Crippen molar-refractivity contribution in [3.8, 4) is 22.5 Å². The molecule has 0 spiro atoms. The zero-order chi connectivity index (χ0) is 13.5. The van der Waals surface area contributed by atoms with Crippen molar-refractivity contribution in [1.29, 1.82) is 0 Å². The van der Waals surface area contributed by atoms with E-state index in [1.807, 2.05) is 6.07 Å². The monoisotopic (exact) mass is 257 g/mol. The van der Waals surface area contributed by atoms with Crippen LogP contribution in [-0.4, -0.2) is 4.98 Å². The number of aryl methyl sites for hydroxylation is 1. The van der Waals surface area contributed by atoms with Crippen LogP contribution in [0.1, 0.15) is 16.7 Å². The first-order valence-corrected chi connectivity index (χ1v) is 6.97. The maximum atomic E-state index is 4.96. The van der Waals surface area contributed by atoms with Gasteiger partial charge < -0.3 is 0 Å². The van der Waals surface area contributed by atoms with Crippen molar-refractivity contribution in [3.05, 3.63) is 77.4 Å². The predicted octanol–water partition coefficient (Wildman–Crippen LogP) is 4.63. The van der Waals surface area contributed by atoms with E-state index in [-0.39, 0.29) is 0 Å². The maximum absolute atomic E-state index is 4.96. The molecule has 0 bridgehead atoms. The van der Waals surface area contributed by atoms with Gasteiger partial charge in [-0.15, -0.1) is 0 Å². The van der Waals surface area contributed by atoms with Crippen LogP contribution in [0.15, 0.2) is 60.7 Å². The highest BCUT2D eigenvalue weighted by atomic mass is 14.7. The molecule has 4 rings (SSSR count). The summed E-state index contributed by atoms with van der Waals surface area (Å²) >= 11 is 0. The van der Waals surface area contributed by atoms with Crippen molar-refractivity contribution >= 4 is 0 Å². The lowest BCUT2D eigenvalue weighted by molar-refractivity contribution is 1.20. The van der Waals surface area contributed by atoms with Gasteiger partial charge in [0.15, 0.2) is 0 Å². The van der Waals surface area contributed by atoms with Crippen LogP contribution in [-0.2, 0) is 6.42 Å². The molecular formula is C19H15N. The Bertz CT molecular complexity index is 787. The molecule has 0 saturated heterocycles. The number of pyridine rings is 1. The lowest BCUT2D eigenvalue weighted by Gasteiger charge is -2.09. The smallest absolute Gasteiger partial charge is 0.0747 e. The Labute approximate surface area is 118 Å². The predicted molar refractivity (Wildman–Crippen MR) is 82.7 cm³/mol. The van der Waals surface area contributed by atoms with E-state index in [2.05, 4.69) is 61.5 Å². The van der Waals surface area contributed by atoms with Gasteiger partial charge in [-0.2, -0.15) is 0 Å². The molecule has 1 heterocycles. The quantitative estimate of drug-likeness (QED) is 0.484. The second kappa shape index (κ2) is 4.31. The molecule has 3 aromatic rings. The third kappa shape index (κ3) is 1.67. The molecule has 1 nitrogen and oxygen atoms in total. The topological polar surface area (TPSA) is 12.9 Å². The third-order valence-corrected chi connectivity index (χ3v) is 3.99. The summed E-state index contributed by atoms with van der Waals surface area (Å²) in [4.78, 5) is 4.96. The number of aromatic nitrogens is 1. The minimum absolute atomic E-state index is 1.01. The highest BCUT2D eigenvalue weighted by Gasteiger charge is 2.21. The second-order valence-corrected chi connectivity index (χ2v) is 5.36. The number of rotatable bonds is 1. The molecule has 0 aliphatic heterocycles. The highest BCUT2D eigenvalue weighted by Crippen LogP contribution is 2.37. The lowest BCUT2D eigenvalue weighted by Crippen LogP contribution is -1.93. The fraction of sp³-hybridized carbons (Fsp3) is 0.105. The minimum atomic E-state index is 1.01. The summed E-state index contributed by atoms with van der Waals surface area (Å²) in [6.07, 6.45) is 1.01. The molecule has 0 atom stereocenters. The first-order valence-electron chi connectivity index (χ1n) is 6.97. The largest absolute Gasteiger partial charge is 0.247 e. The van der Waals surface area contributed by atoms with E-state index in [0.29, 0.717) is 0 Å². The molecule has 0 saturated carbocycles. The van der Waals surface area contributed by atoms with Crippen molar-refractivity contribution in [3.63, 3.8) is 0 Å². The molecule has 0 fully saturated rings. The number of hydrogen-bond acceptors (Lipinski definition) is 1. The average Bonchev–Trinajstić information content (AvgIpc) is 2.84. The molecule has 0 radical (unpaired) electrons. The molecule has 1 aliphatic rings. The van der Waals surface area contributed by atoms with Gasteiger partial charge in [0.25, 0.3) is 0 Å². The van der Waals surface area contributed by atoms with E-state index in [1.165, 1.54) is 27.8 Å². The van der Waals surface area contributed by atoms with Gasteiger partial charge in [-0.25, -0.2) is 4.98 Å². The zero-order valence-electron chi connectivity index (χ0n) is 11.4. The molecule has 96 valence electrons. The Morgan fingerprint density at radius 2 is 1.55 bits per heavy atom. The van der Waals surface area contributed by atoms with Gasteiger partial charge in [-0.05, 0) is 23.6 Å². The van der Waals surface area contributed by atoms with Crippen molar-refractivity contribution in [2.45, 2.75) is 13.3 Å². The standard InChI is InChI=1S/C19H15N/c1-13-11-16-12-15-9-5-6-10-17(15)19(16)20-18(13)14-7-3-2-4-8-14/h2-11H,12H2,1H3. The molecule has 0 N–H and O–H groups in total. The molecule has 0 unspecified atom stereocenters. The van der Waals surface area contributed by atoms with Crippen LogP contribution in [0.4, 0.5) is 0 Å². The summed E-state index contributed by atoms with van der Waals surface area (Å²) in [5.74, 6) is 0. The number of nitrogens with zero attached hydrogens (tertiary/aromatic N) is 1. The first kappa shape index (κ1) is 11.4. The highest BCUT2D eigenvalue weighted by molar-refractivity contribution is 5.77. The minimum Gasteiger partial charge on any atom is -0.247 e. The van der Waals surface area contributed by atoms with Crippen LogP contribution in [0.5, 0.6) is 0 Å². The SMILES string of the molecule is Cc1cc2c(nc1-c1ccccc1)-c1ccccc1C2. The fourth-order valence-electron chi connectivity index (χ4n) is 3.04. The molecule has 1 aromatic heterocycles.